The predicted molar refractivity (Wildman–Crippen MR) is 64.2 cm³/mol. The van der Waals surface area contributed by atoms with Crippen molar-refractivity contribution < 1.29 is 4.74 Å². The first-order valence-electron chi connectivity index (χ1n) is 6.09. The van der Waals surface area contributed by atoms with Gasteiger partial charge in [-0.05, 0) is 52.7 Å². The van der Waals surface area contributed by atoms with E-state index >= 15 is 0 Å². The molecule has 3 heteroatoms. The third-order valence-electron chi connectivity index (χ3n) is 3.71. The number of piperidine rings is 1. The van der Waals surface area contributed by atoms with Crippen LogP contribution in [-0.2, 0) is 4.74 Å². The zero-order chi connectivity index (χ0) is 11.3. The van der Waals surface area contributed by atoms with Gasteiger partial charge < -0.3 is 15.0 Å². The van der Waals surface area contributed by atoms with E-state index in [9.17, 15) is 0 Å². The predicted octanol–water partition coefficient (Wildman–Crippen LogP) is 1.34. The van der Waals surface area contributed by atoms with Crippen molar-refractivity contribution in [2.75, 3.05) is 33.8 Å². The quantitative estimate of drug-likeness (QED) is 0.747. The van der Waals surface area contributed by atoms with Crippen molar-refractivity contribution in [2.45, 2.75) is 38.8 Å². The molecule has 1 aliphatic rings. The first kappa shape index (κ1) is 12.9. The van der Waals surface area contributed by atoms with Crippen molar-refractivity contribution in [1.29, 1.82) is 0 Å². The fourth-order valence-corrected chi connectivity index (χ4v) is 2.31. The van der Waals surface area contributed by atoms with Crippen LogP contribution in [0.1, 0.15) is 26.7 Å². The van der Waals surface area contributed by atoms with Crippen LogP contribution in [0, 0.1) is 5.92 Å². The molecular formula is C12H26N2O. The summed E-state index contributed by atoms with van der Waals surface area (Å²) in [7, 11) is 3.85. The van der Waals surface area contributed by atoms with E-state index in [-0.39, 0.29) is 0 Å². The fraction of sp³-hybridized carbons (Fsp3) is 1.00. The van der Waals surface area contributed by atoms with Crippen molar-refractivity contribution in [3.05, 3.63) is 0 Å². The molecule has 0 aromatic heterocycles. The van der Waals surface area contributed by atoms with Crippen LogP contribution in [0.5, 0.6) is 0 Å². The second kappa shape index (κ2) is 6.46. The molecule has 1 saturated heterocycles. The summed E-state index contributed by atoms with van der Waals surface area (Å²) in [6, 6.07) is 0.659. The molecule has 2 unspecified atom stereocenters. The Balaban J connectivity index is 2.23. The van der Waals surface area contributed by atoms with E-state index in [0.29, 0.717) is 12.1 Å². The maximum absolute atomic E-state index is 5.29. The molecule has 3 nitrogen and oxygen atoms in total. The van der Waals surface area contributed by atoms with Gasteiger partial charge in [-0.1, -0.05) is 0 Å². The van der Waals surface area contributed by atoms with E-state index in [4.69, 9.17) is 4.74 Å². The molecule has 0 spiro atoms. The Morgan fingerprint density at radius 2 is 1.93 bits per heavy atom. The van der Waals surface area contributed by atoms with E-state index in [2.05, 4.69) is 31.1 Å². The molecule has 1 rings (SSSR count). The third-order valence-corrected chi connectivity index (χ3v) is 3.71. The van der Waals surface area contributed by atoms with Crippen LogP contribution in [-0.4, -0.2) is 50.8 Å². The number of rotatable bonds is 5. The van der Waals surface area contributed by atoms with Crippen molar-refractivity contribution >= 4 is 0 Å². The highest BCUT2D eigenvalue weighted by molar-refractivity contribution is 4.79. The van der Waals surface area contributed by atoms with E-state index in [1.54, 1.807) is 7.11 Å². The number of nitrogens with zero attached hydrogens (tertiary/aromatic N) is 1. The molecule has 0 aromatic carbocycles. The number of likely N-dealkylation sites (tertiary alicyclic amines) is 1. The van der Waals surface area contributed by atoms with Gasteiger partial charge in [-0.15, -0.1) is 0 Å². The van der Waals surface area contributed by atoms with Gasteiger partial charge in [0.15, 0.2) is 0 Å². The molecule has 0 amide bonds. The van der Waals surface area contributed by atoms with Gasteiger partial charge >= 0.3 is 0 Å². The van der Waals surface area contributed by atoms with Gasteiger partial charge in [0.2, 0.25) is 0 Å². The van der Waals surface area contributed by atoms with Crippen LogP contribution >= 0.6 is 0 Å². The van der Waals surface area contributed by atoms with Crippen LogP contribution < -0.4 is 5.32 Å². The molecule has 15 heavy (non-hydrogen) atoms. The highest BCUT2D eigenvalue weighted by Gasteiger charge is 2.23. The third kappa shape index (κ3) is 4.09. The van der Waals surface area contributed by atoms with E-state index in [0.717, 1.165) is 12.5 Å². The Hall–Kier alpha value is -0.120. The second-order valence-corrected chi connectivity index (χ2v) is 4.76. The molecule has 1 aliphatic heterocycles. The number of methoxy groups -OCH3 is 1. The number of hydrogen-bond acceptors (Lipinski definition) is 3. The first-order chi connectivity index (χ1) is 7.17. The largest absolute Gasteiger partial charge is 0.380 e. The molecule has 1 fully saturated rings. The number of hydrogen-bond donors (Lipinski definition) is 1. The summed E-state index contributed by atoms with van der Waals surface area (Å²) in [6.07, 6.45) is 3.00. The highest BCUT2D eigenvalue weighted by Crippen LogP contribution is 2.20. The molecule has 1 N–H and O–H groups in total. The minimum Gasteiger partial charge on any atom is -0.380 e. The number of ether oxygens (including phenoxy) is 1. The summed E-state index contributed by atoms with van der Waals surface area (Å²) in [5.74, 6) is 0.851. The standard InChI is InChI=1S/C12H26N2O/c1-10(15-4)9-14-7-5-12(6-8-14)11(2)13-3/h10-13H,5-9H2,1-4H3. The smallest absolute Gasteiger partial charge is 0.0670 e. The lowest BCUT2D eigenvalue weighted by Gasteiger charge is -2.35. The van der Waals surface area contributed by atoms with Gasteiger partial charge in [0.05, 0.1) is 6.10 Å². The summed E-state index contributed by atoms with van der Waals surface area (Å²) < 4.78 is 5.29. The van der Waals surface area contributed by atoms with Crippen LogP contribution in [0.15, 0.2) is 0 Å². The summed E-state index contributed by atoms with van der Waals surface area (Å²) >= 11 is 0. The summed E-state index contributed by atoms with van der Waals surface area (Å²) in [5.41, 5.74) is 0. The van der Waals surface area contributed by atoms with Gasteiger partial charge in [0, 0.05) is 19.7 Å². The zero-order valence-electron chi connectivity index (χ0n) is 10.6. The first-order valence-corrected chi connectivity index (χ1v) is 6.09. The summed E-state index contributed by atoms with van der Waals surface area (Å²) in [6.45, 7) is 7.96. The van der Waals surface area contributed by atoms with Crippen LogP contribution in [0.2, 0.25) is 0 Å². The lowest BCUT2D eigenvalue weighted by atomic mass is 9.90. The maximum atomic E-state index is 5.29. The summed E-state index contributed by atoms with van der Waals surface area (Å²) in [4.78, 5) is 2.52. The van der Waals surface area contributed by atoms with E-state index in [1.807, 2.05) is 0 Å². The zero-order valence-corrected chi connectivity index (χ0v) is 10.6. The van der Waals surface area contributed by atoms with Gasteiger partial charge in [-0.3, -0.25) is 0 Å². The topological polar surface area (TPSA) is 24.5 Å². The minimum atomic E-state index is 0.364. The van der Waals surface area contributed by atoms with Crippen LogP contribution in [0.25, 0.3) is 0 Å². The van der Waals surface area contributed by atoms with Crippen LogP contribution in [0.4, 0.5) is 0 Å². The molecular weight excluding hydrogens is 188 g/mol. The Morgan fingerprint density at radius 1 is 1.33 bits per heavy atom. The molecule has 1 heterocycles. The van der Waals surface area contributed by atoms with Gasteiger partial charge in [0.1, 0.15) is 0 Å². The second-order valence-electron chi connectivity index (χ2n) is 4.76. The van der Waals surface area contributed by atoms with E-state index < -0.39 is 0 Å². The fourth-order valence-electron chi connectivity index (χ4n) is 2.31. The minimum absolute atomic E-state index is 0.364. The lowest BCUT2D eigenvalue weighted by Crippen LogP contribution is -2.43. The molecule has 0 bridgehead atoms. The average Bonchev–Trinajstić information content (AvgIpc) is 2.29. The van der Waals surface area contributed by atoms with Crippen LogP contribution in [0.3, 0.4) is 0 Å². The van der Waals surface area contributed by atoms with Gasteiger partial charge in [-0.2, -0.15) is 0 Å². The molecule has 0 aliphatic carbocycles. The molecule has 0 saturated carbocycles. The molecule has 90 valence electrons. The van der Waals surface area contributed by atoms with Crippen molar-refractivity contribution in [3.8, 4) is 0 Å². The molecule has 0 aromatic rings. The Bertz CT molecular complexity index is 167. The molecule has 2 atom stereocenters. The summed E-state index contributed by atoms with van der Waals surface area (Å²) in [5, 5.41) is 3.36. The van der Waals surface area contributed by atoms with Crippen molar-refractivity contribution in [1.82, 2.24) is 10.2 Å². The highest BCUT2D eigenvalue weighted by atomic mass is 16.5. The SMILES string of the molecule is CNC(C)C1CCN(CC(C)OC)CC1. The van der Waals surface area contributed by atoms with Gasteiger partial charge in [0.25, 0.3) is 0 Å². The lowest BCUT2D eigenvalue weighted by molar-refractivity contribution is 0.0598. The maximum Gasteiger partial charge on any atom is 0.0670 e. The Kier molecular flexibility index (Phi) is 5.58. The monoisotopic (exact) mass is 214 g/mol. The van der Waals surface area contributed by atoms with Gasteiger partial charge in [-0.25, -0.2) is 0 Å². The Morgan fingerprint density at radius 3 is 2.40 bits per heavy atom. The normalized spacial score (nSPS) is 24.0. The average molecular weight is 214 g/mol. The Labute approximate surface area is 94.2 Å². The number of nitrogens with one attached hydrogen (secondary N) is 1. The van der Waals surface area contributed by atoms with Crippen molar-refractivity contribution in [3.63, 3.8) is 0 Å². The van der Waals surface area contributed by atoms with E-state index in [1.165, 1.54) is 25.9 Å². The molecule has 0 radical (unpaired) electrons. The van der Waals surface area contributed by atoms with Crippen molar-refractivity contribution in [2.24, 2.45) is 5.92 Å².